The van der Waals surface area contributed by atoms with E-state index in [0.717, 1.165) is 20.9 Å². The van der Waals surface area contributed by atoms with Crippen LogP contribution in [-0.4, -0.2) is 5.11 Å². The number of thiophene rings is 1. The van der Waals surface area contributed by atoms with E-state index in [0.29, 0.717) is 15.7 Å². The van der Waals surface area contributed by atoms with Gasteiger partial charge in [-0.3, -0.25) is 0 Å². The summed E-state index contributed by atoms with van der Waals surface area (Å²) in [4.78, 5) is 0. The summed E-state index contributed by atoms with van der Waals surface area (Å²) >= 11 is 7.50. The molecule has 1 aromatic heterocycles. The number of nitrogens with zero attached hydrogens (tertiary/aromatic N) is 2. The fourth-order valence-electron chi connectivity index (χ4n) is 2.50. The molecule has 4 aromatic rings. The van der Waals surface area contributed by atoms with E-state index in [9.17, 15) is 5.11 Å². The van der Waals surface area contributed by atoms with Crippen LogP contribution < -0.4 is 0 Å². The Hall–Kier alpha value is -2.43. The standard InChI is InChI=1S/C18H11ClN2OS/c19-14-7-3-4-8-15(14)20-21-18-16(22)13-10-9-11-5-1-2-6-12(11)17(13)23-18/h1-10,22H. The minimum absolute atomic E-state index is 0.159. The minimum atomic E-state index is 0.159. The van der Waals surface area contributed by atoms with Gasteiger partial charge in [0.2, 0.25) is 0 Å². The van der Waals surface area contributed by atoms with Gasteiger partial charge in [-0.15, -0.1) is 21.6 Å². The quantitative estimate of drug-likeness (QED) is 0.400. The summed E-state index contributed by atoms with van der Waals surface area (Å²) in [6.45, 7) is 0. The summed E-state index contributed by atoms with van der Waals surface area (Å²) in [5, 5.41) is 22.8. The molecule has 0 fully saturated rings. The Labute approximate surface area is 141 Å². The second kappa shape index (κ2) is 5.65. The molecule has 5 heteroatoms. The normalized spacial score (nSPS) is 11.7. The third kappa shape index (κ3) is 2.46. The molecule has 0 aliphatic rings. The summed E-state index contributed by atoms with van der Waals surface area (Å²) in [5.41, 5.74) is 0.580. The SMILES string of the molecule is Oc1c(N=Nc2ccccc2Cl)sc2c1ccc1ccccc12. The molecule has 112 valence electrons. The summed E-state index contributed by atoms with van der Waals surface area (Å²) in [5.74, 6) is 0.159. The van der Waals surface area contributed by atoms with Crippen molar-refractivity contribution in [2.24, 2.45) is 10.2 Å². The van der Waals surface area contributed by atoms with Crippen molar-refractivity contribution in [1.82, 2.24) is 0 Å². The average molecular weight is 339 g/mol. The number of halogens is 1. The molecule has 0 unspecified atom stereocenters. The number of azo groups is 1. The van der Waals surface area contributed by atoms with Crippen LogP contribution in [0.15, 0.2) is 70.9 Å². The van der Waals surface area contributed by atoms with Crippen LogP contribution in [0, 0.1) is 0 Å². The van der Waals surface area contributed by atoms with E-state index in [2.05, 4.69) is 16.3 Å². The van der Waals surface area contributed by atoms with Crippen LogP contribution in [0.1, 0.15) is 0 Å². The molecule has 3 nitrogen and oxygen atoms in total. The third-order valence-corrected chi connectivity index (χ3v) is 5.07. The average Bonchev–Trinajstić information content (AvgIpc) is 2.91. The molecule has 0 atom stereocenters. The predicted octanol–water partition coefficient (Wildman–Crippen LogP) is 6.83. The van der Waals surface area contributed by atoms with Crippen LogP contribution in [-0.2, 0) is 0 Å². The lowest BCUT2D eigenvalue weighted by Gasteiger charge is -1.98. The number of hydrogen-bond acceptors (Lipinski definition) is 4. The molecule has 0 aliphatic heterocycles. The van der Waals surface area contributed by atoms with Gasteiger partial charge >= 0.3 is 0 Å². The first kappa shape index (κ1) is 14.2. The highest BCUT2D eigenvalue weighted by Crippen LogP contribution is 2.46. The Morgan fingerprint density at radius 2 is 1.61 bits per heavy atom. The lowest BCUT2D eigenvalue weighted by atomic mass is 10.1. The van der Waals surface area contributed by atoms with E-state index >= 15 is 0 Å². The summed E-state index contributed by atoms with van der Waals surface area (Å²) in [7, 11) is 0. The Kier molecular flexibility index (Phi) is 3.48. The van der Waals surface area contributed by atoms with Crippen LogP contribution in [0.25, 0.3) is 20.9 Å². The van der Waals surface area contributed by atoms with Crippen molar-refractivity contribution in [1.29, 1.82) is 0 Å². The zero-order valence-corrected chi connectivity index (χ0v) is 13.5. The van der Waals surface area contributed by atoms with Gasteiger partial charge in [-0.2, -0.15) is 0 Å². The molecule has 0 bridgehead atoms. The van der Waals surface area contributed by atoms with Crippen molar-refractivity contribution in [2.75, 3.05) is 0 Å². The van der Waals surface area contributed by atoms with E-state index in [1.165, 1.54) is 11.3 Å². The Bertz CT molecular complexity index is 1060. The molecule has 1 heterocycles. The topological polar surface area (TPSA) is 45.0 Å². The molecule has 0 aliphatic carbocycles. The van der Waals surface area contributed by atoms with Crippen LogP contribution >= 0.6 is 22.9 Å². The molecular formula is C18H11ClN2OS. The predicted molar refractivity (Wildman–Crippen MR) is 96.6 cm³/mol. The van der Waals surface area contributed by atoms with Gasteiger partial charge in [-0.25, -0.2) is 0 Å². The third-order valence-electron chi connectivity index (χ3n) is 3.64. The van der Waals surface area contributed by atoms with E-state index in [4.69, 9.17) is 11.6 Å². The molecule has 23 heavy (non-hydrogen) atoms. The number of benzene rings is 3. The van der Waals surface area contributed by atoms with Gasteiger partial charge in [-0.05, 0) is 29.0 Å². The molecule has 0 saturated carbocycles. The van der Waals surface area contributed by atoms with E-state index in [1.54, 1.807) is 12.1 Å². The van der Waals surface area contributed by atoms with Crippen molar-refractivity contribution in [3.63, 3.8) is 0 Å². The zero-order valence-electron chi connectivity index (χ0n) is 11.9. The maximum absolute atomic E-state index is 10.4. The molecule has 4 rings (SSSR count). The van der Waals surface area contributed by atoms with E-state index < -0.39 is 0 Å². The smallest absolute Gasteiger partial charge is 0.181 e. The first-order valence-electron chi connectivity index (χ1n) is 7.03. The van der Waals surface area contributed by atoms with Gasteiger partial charge in [0.1, 0.15) is 5.69 Å². The molecule has 0 amide bonds. The van der Waals surface area contributed by atoms with Gasteiger partial charge in [0.15, 0.2) is 10.8 Å². The highest BCUT2D eigenvalue weighted by atomic mass is 35.5. The second-order valence-electron chi connectivity index (χ2n) is 5.07. The van der Waals surface area contributed by atoms with Crippen LogP contribution in [0.5, 0.6) is 5.75 Å². The van der Waals surface area contributed by atoms with Crippen molar-refractivity contribution >= 4 is 54.5 Å². The highest BCUT2D eigenvalue weighted by Gasteiger charge is 2.13. The summed E-state index contributed by atoms with van der Waals surface area (Å²) in [6.07, 6.45) is 0. The molecular weight excluding hydrogens is 328 g/mol. The lowest BCUT2D eigenvalue weighted by Crippen LogP contribution is -1.71. The van der Waals surface area contributed by atoms with Gasteiger partial charge in [0.05, 0.1) is 5.02 Å². The van der Waals surface area contributed by atoms with Crippen LogP contribution in [0.2, 0.25) is 5.02 Å². The lowest BCUT2D eigenvalue weighted by molar-refractivity contribution is 0.484. The van der Waals surface area contributed by atoms with Crippen molar-refractivity contribution in [3.05, 3.63) is 65.7 Å². The second-order valence-corrected chi connectivity index (χ2v) is 6.48. The Morgan fingerprint density at radius 1 is 0.826 bits per heavy atom. The van der Waals surface area contributed by atoms with Crippen LogP contribution in [0.3, 0.4) is 0 Å². The summed E-state index contributed by atoms with van der Waals surface area (Å²) < 4.78 is 1.01. The molecule has 0 radical (unpaired) electrons. The summed E-state index contributed by atoms with van der Waals surface area (Å²) in [6, 6.07) is 19.2. The monoisotopic (exact) mass is 338 g/mol. The van der Waals surface area contributed by atoms with Crippen molar-refractivity contribution in [2.45, 2.75) is 0 Å². The molecule has 0 spiro atoms. The highest BCUT2D eigenvalue weighted by molar-refractivity contribution is 7.24. The van der Waals surface area contributed by atoms with E-state index in [1.807, 2.05) is 42.5 Å². The zero-order chi connectivity index (χ0) is 15.8. The number of fused-ring (bicyclic) bond motifs is 3. The van der Waals surface area contributed by atoms with Gasteiger partial charge in [0.25, 0.3) is 0 Å². The van der Waals surface area contributed by atoms with Gasteiger partial charge in [-0.1, -0.05) is 54.1 Å². The fraction of sp³-hybridized carbons (Fsp3) is 0. The fourth-order valence-corrected chi connectivity index (χ4v) is 3.73. The first-order chi connectivity index (χ1) is 11.2. The van der Waals surface area contributed by atoms with Gasteiger partial charge < -0.3 is 5.11 Å². The maximum Gasteiger partial charge on any atom is 0.181 e. The van der Waals surface area contributed by atoms with Crippen LogP contribution in [0.4, 0.5) is 10.7 Å². The molecule has 3 aromatic carbocycles. The largest absolute Gasteiger partial charge is 0.504 e. The Balaban J connectivity index is 1.86. The van der Waals surface area contributed by atoms with E-state index in [-0.39, 0.29) is 5.75 Å². The molecule has 0 saturated heterocycles. The van der Waals surface area contributed by atoms with Gasteiger partial charge in [0, 0.05) is 10.1 Å². The minimum Gasteiger partial charge on any atom is -0.504 e. The number of aromatic hydroxyl groups is 1. The Morgan fingerprint density at radius 3 is 2.48 bits per heavy atom. The van der Waals surface area contributed by atoms with Crippen molar-refractivity contribution < 1.29 is 5.11 Å². The molecule has 1 N–H and O–H groups in total. The number of rotatable bonds is 2. The first-order valence-corrected chi connectivity index (χ1v) is 8.23. The maximum atomic E-state index is 10.4. The number of hydrogen-bond donors (Lipinski definition) is 1. The van der Waals surface area contributed by atoms with Crippen molar-refractivity contribution in [3.8, 4) is 5.75 Å².